The molecule has 1 aromatic carbocycles. The van der Waals surface area contributed by atoms with Crippen molar-refractivity contribution >= 4 is 0 Å². The van der Waals surface area contributed by atoms with Crippen LogP contribution in [-0.2, 0) is 6.54 Å². The van der Waals surface area contributed by atoms with Crippen LogP contribution < -0.4 is 5.32 Å². The Morgan fingerprint density at radius 2 is 2.00 bits per heavy atom. The standard InChI is InChI=1S/C17H23N3O/c21-13-15-6-4-5-9-17(15)18-10-14-11-19-20(12-14)16-7-2-1-3-8-16/h1-3,7-8,11-12,15,17-18,21H,4-6,9-10,13H2. The molecule has 2 atom stereocenters. The number of aromatic nitrogens is 2. The molecular formula is C17H23N3O. The Morgan fingerprint density at radius 1 is 1.19 bits per heavy atom. The lowest BCUT2D eigenvalue weighted by molar-refractivity contribution is 0.152. The van der Waals surface area contributed by atoms with Gasteiger partial charge in [0.15, 0.2) is 0 Å². The number of hydrogen-bond acceptors (Lipinski definition) is 3. The van der Waals surface area contributed by atoms with Crippen LogP contribution in [-0.4, -0.2) is 27.5 Å². The van der Waals surface area contributed by atoms with E-state index >= 15 is 0 Å². The molecule has 1 heterocycles. The fraction of sp³-hybridized carbons (Fsp3) is 0.471. The SMILES string of the molecule is OCC1CCCCC1NCc1cnn(-c2ccccc2)c1. The summed E-state index contributed by atoms with van der Waals surface area (Å²) in [5.41, 5.74) is 2.26. The summed E-state index contributed by atoms with van der Waals surface area (Å²) >= 11 is 0. The monoisotopic (exact) mass is 285 g/mol. The number of benzene rings is 1. The fourth-order valence-electron chi connectivity index (χ4n) is 3.12. The maximum absolute atomic E-state index is 9.45. The van der Waals surface area contributed by atoms with Crippen molar-refractivity contribution < 1.29 is 5.11 Å². The van der Waals surface area contributed by atoms with Crippen molar-refractivity contribution in [2.45, 2.75) is 38.3 Å². The van der Waals surface area contributed by atoms with Crippen LogP contribution in [0.15, 0.2) is 42.7 Å². The predicted molar refractivity (Wildman–Crippen MR) is 83.2 cm³/mol. The van der Waals surface area contributed by atoms with Crippen LogP contribution >= 0.6 is 0 Å². The summed E-state index contributed by atoms with van der Waals surface area (Å²) < 4.78 is 1.90. The maximum Gasteiger partial charge on any atom is 0.0645 e. The smallest absolute Gasteiger partial charge is 0.0645 e. The minimum absolute atomic E-state index is 0.293. The highest BCUT2D eigenvalue weighted by atomic mass is 16.3. The molecule has 0 radical (unpaired) electrons. The average molecular weight is 285 g/mol. The topological polar surface area (TPSA) is 50.1 Å². The minimum Gasteiger partial charge on any atom is -0.396 e. The Hall–Kier alpha value is -1.65. The van der Waals surface area contributed by atoms with E-state index in [9.17, 15) is 5.11 Å². The Morgan fingerprint density at radius 3 is 2.81 bits per heavy atom. The van der Waals surface area contributed by atoms with Gasteiger partial charge in [0, 0.05) is 31.0 Å². The zero-order valence-corrected chi connectivity index (χ0v) is 12.3. The lowest BCUT2D eigenvalue weighted by Crippen LogP contribution is -2.39. The second kappa shape index (κ2) is 6.87. The molecule has 0 amide bonds. The predicted octanol–water partition coefficient (Wildman–Crippen LogP) is 2.51. The van der Waals surface area contributed by atoms with Gasteiger partial charge in [-0.3, -0.25) is 0 Å². The zero-order valence-electron chi connectivity index (χ0n) is 12.3. The highest BCUT2D eigenvalue weighted by Crippen LogP contribution is 2.24. The van der Waals surface area contributed by atoms with E-state index in [0.717, 1.165) is 25.1 Å². The molecule has 1 aromatic heterocycles. The van der Waals surface area contributed by atoms with Gasteiger partial charge in [0.25, 0.3) is 0 Å². The van der Waals surface area contributed by atoms with E-state index in [0.29, 0.717) is 18.6 Å². The second-order valence-electron chi connectivity index (χ2n) is 5.84. The van der Waals surface area contributed by atoms with Crippen LogP contribution in [0.4, 0.5) is 0 Å². The van der Waals surface area contributed by atoms with Crippen LogP contribution in [0.25, 0.3) is 5.69 Å². The highest BCUT2D eigenvalue weighted by Gasteiger charge is 2.23. The van der Waals surface area contributed by atoms with Crippen LogP contribution in [0, 0.1) is 5.92 Å². The third-order valence-electron chi connectivity index (χ3n) is 4.37. The Balaban J connectivity index is 1.60. The number of nitrogens with zero attached hydrogens (tertiary/aromatic N) is 2. The van der Waals surface area contributed by atoms with Crippen molar-refractivity contribution in [3.05, 3.63) is 48.3 Å². The normalized spacial score (nSPS) is 22.3. The van der Waals surface area contributed by atoms with Crippen LogP contribution in [0.3, 0.4) is 0 Å². The van der Waals surface area contributed by atoms with Crippen LogP contribution in [0.5, 0.6) is 0 Å². The fourth-order valence-corrected chi connectivity index (χ4v) is 3.12. The molecule has 0 saturated heterocycles. The molecule has 0 bridgehead atoms. The molecule has 2 N–H and O–H groups in total. The molecule has 112 valence electrons. The summed E-state index contributed by atoms with van der Waals surface area (Å²) in [5.74, 6) is 0.405. The average Bonchev–Trinajstić information content (AvgIpc) is 3.03. The van der Waals surface area contributed by atoms with Crippen molar-refractivity contribution in [3.8, 4) is 5.69 Å². The van der Waals surface area contributed by atoms with Gasteiger partial charge in [0.05, 0.1) is 11.9 Å². The molecule has 1 saturated carbocycles. The van der Waals surface area contributed by atoms with E-state index in [1.165, 1.54) is 18.4 Å². The molecule has 2 unspecified atom stereocenters. The van der Waals surface area contributed by atoms with Crippen molar-refractivity contribution in [1.82, 2.24) is 15.1 Å². The maximum atomic E-state index is 9.45. The Labute approximate surface area is 125 Å². The summed E-state index contributed by atoms with van der Waals surface area (Å²) in [5, 5.41) is 17.5. The molecule has 3 rings (SSSR count). The molecule has 21 heavy (non-hydrogen) atoms. The lowest BCUT2D eigenvalue weighted by Gasteiger charge is -2.30. The first-order chi connectivity index (χ1) is 10.4. The van der Waals surface area contributed by atoms with Crippen molar-refractivity contribution in [1.29, 1.82) is 0 Å². The van der Waals surface area contributed by atoms with E-state index in [-0.39, 0.29) is 0 Å². The second-order valence-corrected chi connectivity index (χ2v) is 5.84. The van der Waals surface area contributed by atoms with Gasteiger partial charge in [0.2, 0.25) is 0 Å². The van der Waals surface area contributed by atoms with Gasteiger partial charge in [0.1, 0.15) is 0 Å². The van der Waals surface area contributed by atoms with Crippen LogP contribution in [0.2, 0.25) is 0 Å². The van der Waals surface area contributed by atoms with Gasteiger partial charge in [-0.25, -0.2) is 4.68 Å². The van der Waals surface area contributed by atoms with Gasteiger partial charge >= 0.3 is 0 Å². The Kier molecular flexibility index (Phi) is 4.68. The summed E-state index contributed by atoms with van der Waals surface area (Å²) in [4.78, 5) is 0. The first-order valence-corrected chi connectivity index (χ1v) is 7.80. The number of hydrogen-bond donors (Lipinski definition) is 2. The highest BCUT2D eigenvalue weighted by molar-refractivity contribution is 5.30. The van der Waals surface area contributed by atoms with E-state index in [4.69, 9.17) is 0 Å². The summed E-state index contributed by atoms with van der Waals surface area (Å²) in [6, 6.07) is 10.6. The summed E-state index contributed by atoms with van der Waals surface area (Å²) in [7, 11) is 0. The number of aliphatic hydroxyl groups excluding tert-OH is 1. The molecule has 4 nitrogen and oxygen atoms in total. The van der Waals surface area contributed by atoms with E-state index in [1.807, 2.05) is 41.2 Å². The molecule has 1 fully saturated rings. The zero-order chi connectivity index (χ0) is 14.5. The van der Waals surface area contributed by atoms with E-state index in [1.54, 1.807) is 0 Å². The van der Waals surface area contributed by atoms with Crippen LogP contribution in [0.1, 0.15) is 31.2 Å². The molecule has 1 aliphatic rings. The van der Waals surface area contributed by atoms with Gasteiger partial charge in [-0.05, 0) is 30.9 Å². The van der Waals surface area contributed by atoms with Crippen molar-refractivity contribution in [2.75, 3.05) is 6.61 Å². The van der Waals surface area contributed by atoms with Gasteiger partial charge in [-0.2, -0.15) is 5.10 Å². The van der Waals surface area contributed by atoms with Gasteiger partial charge in [-0.15, -0.1) is 0 Å². The molecular weight excluding hydrogens is 262 g/mol. The quantitative estimate of drug-likeness (QED) is 0.887. The first kappa shape index (κ1) is 14.3. The third-order valence-corrected chi connectivity index (χ3v) is 4.37. The van der Waals surface area contributed by atoms with E-state index in [2.05, 4.69) is 16.6 Å². The van der Waals surface area contributed by atoms with Gasteiger partial charge < -0.3 is 10.4 Å². The van der Waals surface area contributed by atoms with Gasteiger partial charge in [-0.1, -0.05) is 31.0 Å². The molecule has 2 aromatic rings. The van der Waals surface area contributed by atoms with E-state index < -0.39 is 0 Å². The largest absolute Gasteiger partial charge is 0.396 e. The molecule has 4 heteroatoms. The first-order valence-electron chi connectivity index (χ1n) is 7.80. The minimum atomic E-state index is 0.293. The molecule has 1 aliphatic carbocycles. The third kappa shape index (κ3) is 3.52. The number of rotatable bonds is 5. The summed E-state index contributed by atoms with van der Waals surface area (Å²) in [6.45, 7) is 1.11. The molecule has 0 aliphatic heterocycles. The molecule has 0 spiro atoms. The lowest BCUT2D eigenvalue weighted by atomic mass is 9.85. The van der Waals surface area contributed by atoms with Crippen molar-refractivity contribution in [2.24, 2.45) is 5.92 Å². The number of nitrogens with one attached hydrogen (secondary N) is 1. The summed E-state index contributed by atoms with van der Waals surface area (Å²) in [6.07, 6.45) is 8.79. The number of aliphatic hydroxyl groups is 1. The number of para-hydroxylation sites is 1. The van der Waals surface area contributed by atoms with Crippen molar-refractivity contribution in [3.63, 3.8) is 0 Å². The Bertz CT molecular complexity index is 552.